The van der Waals surface area contributed by atoms with Crippen LogP contribution in [-0.4, -0.2) is 49.5 Å². The normalized spacial score (nSPS) is 17.4. The van der Waals surface area contributed by atoms with Crippen LogP contribution in [0.5, 0.6) is 5.75 Å². The lowest BCUT2D eigenvalue weighted by molar-refractivity contribution is -0.133. The molecule has 1 fully saturated rings. The number of esters is 1. The Kier molecular flexibility index (Phi) is 5.93. The number of carbonyl (C=O) groups is 4. The molecule has 4 rings (SSSR count). The van der Waals surface area contributed by atoms with Crippen molar-refractivity contribution in [1.29, 1.82) is 0 Å². The van der Waals surface area contributed by atoms with Crippen LogP contribution in [0.15, 0.2) is 60.7 Å². The molecule has 0 aliphatic carbocycles. The average molecular weight is 461 g/mol. The number of urea groups is 1. The van der Waals surface area contributed by atoms with Crippen molar-refractivity contribution in [3.05, 3.63) is 71.8 Å². The van der Waals surface area contributed by atoms with E-state index in [9.17, 15) is 19.2 Å². The Hall–Kier alpha value is -4.40. The third-order valence-electron chi connectivity index (χ3n) is 5.81. The minimum atomic E-state index is -1.33. The molecule has 4 amide bonds. The van der Waals surface area contributed by atoms with Gasteiger partial charge in [0, 0.05) is 0 Å². The Labute approximate surface area is 195 Å². The standard InChI is InChI=1S/C25H23N3O6/c1-25(17-8-10-18(33-2)11-9-17)23(31)28(24(32)27-25)14-21(29)26-20-13-16-7-5-4-6-15(16)12-19(20)22(30)34-3/h4-13H,14H2,1-3H3,(H,26,29)(H,27,32). The van der Waals surface area contributed by atoms with Crippen molar-refractivity contribution in [2.24, 2.45) is 0 Å². The van der Waals surface area contributed by atoms with Crippen molar-refractivity contribution in [2.75, 3.05) is 26.1 Å². The topological polar surface area (TPSA) is 114 Å². The molecule has 0 saturated carbocycles. The monoisotopic (exact) mass is 461 g/mol. The Morgan fingerprint density at radius 2 is 1.65 bits per heavy atom. The minimum Gasteiger partial charge on any atom is -0.497 e. The summed E-state index contributed by atoms with van der Waals surface area (Å²) in [6, 6.07) is 16.6. The number of anilines is 1. The van der Waals surface area contributed by atoms with Gasteiger partial charge in [0.15, 0.2) is 0 Å². The van der Waals surface area contributed by atoms with Gasteiger partial charge in [-0.05, 0) is 47.5 Å². The molecule has 3 aromatic rings. The lowest BCUT2D eigenvalue weighted by Gasteiger charge is -2.22. The number of nitrogens with zero attached hydrogens (tertiary/aromatic N) is 1. The van der Waals surface area contributed by atoms with E-state index >= 15 is 0 Å². The van der Waals surface area contributed by atoms with E-state index in [1.165, 1.54) is 14.2 Å². The number of fused-ring (bicyclic) bond motifs is 1. The highest BCUT2D eigenvalue weighted by molar-refractivity contribution is 6.11. The maximum absolute atomic E-state index is 13.1. The summed E-state index contributed by atoms with van der Waals surface area (Å²) >= 11 is 0. The van der Waals surface area contributed by atoms with Gasteiger partial charge in [0.1, 0.15) is 17.8 Å². The van der Waals surface area contributed by atoms with E-state index in [0.717, 1.165) is 15.7 Å². The average Bonchev–Trinajstić information content (AvgIpc) is 3.06. The molecular formula is C25H23N3O6. The Bertz CT molecular complexity index is 1300. The second kappa shape index (κ2) is 8.86. The Morgan fingerprint density at radius 3 is 2.26 bits per heavy atom. The van der Waals surface area contributed by atoms with Gasteiger partial charge in [-0.25, -0.2) is 9.59 Å². The molecule has 9 nitrogen and oxygen atoms in total. The van der Waals surface area contributed by atoms with E-state index in [-0.39, 0.29) is 11.3 Å². The molecule has 1 aliphatic heterocycles. The third-order valence-corrected chi connectivity index (χ3v) is 5.81. The number of hydrogen-bond acceptors (Lipinski definition) is 6. The van der Waals surface area contributed by atoms with Gasteiger partial charge in [0.25, 0.3) is 5.91 Å². The maximum atomic E-state index is 13.1. The molecule has 0 aromatic heterocycles. The van der Waals surface area contributed by atoms with Crippen LogP contribution in [0.25, 0.3) is 10.8 Å². The zero-order valence-corrected chi connectivity index (χ0v) is 18.9. The lowest BCUT2D eigenvalue weighted by atomic mass is 9.92. The molecule has 1 unspecified atom stereocenters. The van der Waals surface area contributed by atoms with Gasteiger partial charge in [0.05, 0.1) is 25.5 Å². The highest BCUT2D eigenvalue weighted by Gasteiger charge is 2.49. The van der Waals surface area contributed by atoms with E-state index in [1.54, 1.807) is 43.3 Å². The van der Waals surface area contributed by atoms with Crippen molar-refractivity contribution in [2.45, 2.75) is 12.5 Å². The number of hydrogen-bond donors (Lipinski definition) is 2. The van der Waals surface area contributed by atoms with Crippen molar-refractivity contribution in [3.8, 4) is 5.75 Å². The number of rotatable bonds is 6. The third kappa shape index (κ3) is 4.03. The summed E-state index contributed by atoms with van der Waals surface area (Å²) in [5, 5.41) is 6.89. The SMILES string of the molecule is COC(=O)c1cc2ccccc2cc1NC(=O)CN1C(=O)NC(C)(c2ccc(OC)cc2)C1=O. The fourth-order valence-electron chi connectivity index (χ4n) is 3.92. The molecular weight excluding hydrogens is 438 g/mol. The number of methoxy groups -OCH3 is 2. The summed E-state index contributed by atoms with van der Waals surface area (Å²) in [4.78, 5) is 51.7. The van der Waals surface area contributed by atoms with Crippen LogP contribution >= 0.6 is 0 Å². The number of imide groups is 1. The van der Waals surface area contributed by atoms with E-state index in [2.05, 4.69) is 10.6 Å². The van der Waals surface area contributed by atoms with Crippen LogP contribution in [0.2, 0.25) is 0 Å². The molecule has 0 radical (unpaired) electrons. The number of amides is 4. The maximum Gasteiger partial charge on any atom is 0.339 e. The van der Waals surface area contributed by atoms with Crippen LogP contribution in [0, 0.1) is 0 Å². The molecule has 0 spiro atoms. The van der Waals surface area contributed by atoms with Crippen molar-refractivity contribution < 1.29 is 28.7 Å². The van der Waals surface area contributed by atoms with E-state index in [0.29, 0.717) is 11.3 Å². The Morgan fingerprint density at radius 1 is 1.00 bits per heavy atom. The lowest BCUT2D eigenvalue weighted by Crippen LogP contribution is -2.42. The minimum absolute atomic E-state index is 0.162. The van der Waals surface area contributed by atoms with Gasteiger partial charge in [-0.1, -0.05) is 36.4 Å². The van der Waals surface area contributed by atoms with Gasteiger partial charge < -0.3 is 20.1 Å². The molecule has 9 heteroatoms. The molecule has 0 bridgehead atoms. The highest BCUT2D eigenvalue weighted by atomic mass is 16.5. The fraction of sp³-hybridized carbons (Fsp3) is 0.200. The second-order valence-corrected chi connectivity index (χ2v) is 7.96. The first-order valence-electron chi connectivity index (χ1n) is 10.5. The summed E-state index contributed by atoms with van der Waals surface area (Å²) in [5.74, 6) is -1.22. The molecule has 174 valence electrons. The van der Waals surface area contributed by atoms with Crippen molar-refractivity contribution in [3.63, 3.8) is 0 Å². The Balaban J connectivity index is 1.56. The zero-order valence-electron chi connectivity index (χ0n) is 18.9. The van der Waals surface area contributed by atoms with Gasteiger partial charge in [-0.15, -0.1) is 0 Å². The predicted octanol–water partition coefficient (Wildman–Crippen LogP) is 3.04. The smallest absolute Gasteiger partial charge is 0.339 e. The molecule has 1 heterocycles. The van der Waals surface area contributed by atoms with Crippen LogP contribution in [0.3, 0.4) is 0 Å². The first-order valence-corrected chi connectivity index (χ1v) is 10.5. The zero-order chi connectivity index (χ0) is 24.5. The highest BCUT2D eigenvalue weighted by Crippen LogP contribution is 2.30. The van der Waals surface area contributed by atoms with Crippen LogP contribution < -0.4 is 15.4 Å². The molecule has 1 aliphatic rings. The second-order valence-electron chi connectivity index (χ2n) is 7.96. The van der Waals surface area contributed by atoms with Gasteiger partial charge >= 0.3 is 12.0 Å². The summed E-state index contributed by atoms with van der Waals surface area (Å²) in [7, 11) is 2.77. The molecule has 1 atom stereocenters. The quantitative estimate of drug-likeness (QED) is 0.431. The summed E-state index contributed by atoms with van der Waals surface area (Å²) in [6.07, 6.45) is 0. The number of ether oxygens (including phenoxy) is 2. The first kappa shape index (κ1) is 22.8. The van der Waals surface area contributed by atoms with Crippen molar-refractivity contribution >= 4 is 40.3 Å². The van der Waals surface area contributed by atoms with E-state index in [4.69, 9.17) is 9.47 Å². The van der Waals surface area contributed by atoms with Crippen molar-refractivity contribution in [1.82, 2.24) is 10.2 Å². The number of nitrogens with one attached hydrogen (secondary N) is 2. The van der Waals surface area contributed by atoms with E-state index < -0.39 is 35.9 Å². The van der Waals surface area contributed by atoms with Crippen LogP contribution in [0.1, 0.15) is 22.8 Å². The van der Waals surface area contributed by atoms with Crippen LogP contribution in [-0.2, 0) is 19.9 Å². The van der Waals surface area contributed by atoms with Gasteiger partial charge in [-0.2, -0.15) is 0 Å². The summed E-state index contributed by atoms with van der Waals surface area (Å²) in [6.45, 7) is 1.05. The molecule has 1 saturated heterocycles. The first-order chi connectivity index (χ1) is 16.3. The molecule has 34 heavy (non-hydrogen) atoms. The number of benzene rings is 3. The van der Waals surface area contributed by atoms with E-state index in [1.807, 2.05) is 24.3 Å². The molecule has 2 N–H and O–H groups in total. The largest absolute Gasteiger partial charge is 0.497 e. The predicted molar refractivity (Wildman–Crippen MR) is 125 cm³/mol. The number of carbonyl (C=O) groups excluding carboxylic acids is 4. The van der Waals surface area contributed by atoms with Gasteiger partial charge in [0.2, 0.25) is 5.91 Å². The molecule has 3 aromatic carbocycles. The fourth-order valence-corrected chi connectivity index (χ4v) is 3.92. The summed E-state index contributed by atoms with van der Waals surface area (Å²) in [5.41, 5.74) is -0.392. The van der Waals surface area contributed by atoms with Gasteiger partial charge in [-0.3, -0.25) is 14.5 Å². The summed E-state index contributed by atoms with van der Waals surface area (Å²) < 4.78 is 9.98. The van der Waals surface area contributed by atoms with Crippen LogP contribution in [0.4, 0.5) is 10.5 Å².